The van der Waals surface area contributed by atoms with Gasteiger partial charge in [0.05, 0.1) is 18.6 Å². The van der Waals surface area contributed by atoms with Crippen LogP contribution in [0, 0.1) is 6.92 Å². The molecule has 0 aliphatic rings. The van der Waals surface area contributed by atoms with Crippen LogP contribution in [0.2, 0.25) is 0 Å². The Balaban J connectivity index is 0.00000288. The fourth-order valence-electron chi connectivity index (χ4n) is 2.52. The number of carbonyl (C=O) groups excluding carboxylic acids is 1. The molecule has 2 aromatic rings. The van der Waals surface area contributed by atoms with Crippen LogP contribution in [-0.2, 0) is 16.0 Å². The summed E-state index contributed by atoms with van der Waals surface area (Å²) in [6, 6.07) is 12.3. The molecule has 0 radical (unpaired) electrons. The van der Waals surface area contributed by atoms with E-state index in [-0.39, 0.29) is 36.9 Å². The summed E-state index contributed by atoms with van der Waals surface area (Å²) in [6.45, 7) is 2.42. The van der Waals surface area contributed by atoms with Crippen molar-refractivity contribution in [2.24, 2.45) is 5.73 Å². The fourth-order valence-corrected chi connectivity index (χ4v) is 3.50. The van der Waals surface area contributed by atoms with Crippen LogP contribution in [0.25, 0.3) is 0 Å². The number of benzene rings is 1. The lowest BCUT2D eigenvalue weighted by Gasteiger charge is -2.20. The number of hydrogen-bond donors (Lipinski definition) is 2. The van der Waals surface area contributed by atoms with Crippen LogP contribution in [0.5, 0.6) is 0 Å². The highest BCUT2D eigenvalue weighted by molar-refractivity contribution is 7.10. The Morgan fingerprint density at radius 2 is 2.00 bits per heavy atom. The predicted octanol–water partition coefficient (Wildman–Crippen LogP) is 3.24. The molecule has 24 heavy (non-hydrogen) atoms. The van der Waals surface area contributed by atoms with E-state index in [4.69, 9.17) is 10.5 Å². The molecule has 0 aliphatic carbocycles. The quantitative estimate of drug-likeness (QED) is 0.751. The van der Waals surface area contributed by atoms with Crippen molar-refractivity contribution in [3.05, 3.63) is 57.8 Å². The standard InChI is InChI=1S/C18H24N2O2S.ClH/c1-13-8-9-23-18(13)16(10-14-6-4-3-5-7-14)20-17(21)11-15(12-19)22-2;/h3-9,15-16H,10-12,19H2,1-2H3,(H,20,21);1H. The topological polar surface area (TPSA) is 64.3 Å². The van der Waals surface area contributed by atoms with Crippen molar-refractivity contribution in [3.8, 4) is 0 Å². The average Bonchev–Trinajstić information content (AvgIpc) is 2.99. The predicted molar refractivity (Wildman–Crippen MR) is 102 cm³/mol. The molecule has 132 valence electrons. The number of nitrogens with one attached hydrogen (secondary N) is 1. The molecule has 6 heteroatoms. The van der Waals surface area contributed by atoms with Crippen molar-refractivity contribution in [3.63, 3.8) is 0 Å². The van der Waals surface area contributed by atoms with Crippen molar-refractivity contribution < 1.29 is 9.53 Å². The van der Waals surface area contributed by atoms with Gasteiger partial charge >= 0.3 is 0 Å². The number of nitrogens with two attached hydrogens (primary N) is 1. The van der Waals surface area contributed by atoms with Gasteiger partial charge in [0.25, 0.3) is 0 Å². The van der Waals surface area contributed by atoms with Gasteiger partial charge < -0.3 is 15.8 Å². The number of thiophene rings is 1. The minimum atomic E-state index is -0.239. The SMILES string of the molecule is COC(CN)CC(=O)NC(Cc1ccccc1)c1sccc1C.Cl. The number of halogens is 1. The van der Waals surface area contributed by atoms with E-state index in [2.05, 4.69) is 35.8 Å². The minimum absolute atomic E-state index is 0. The molecule has 0 aliphatic heterocycles. The molecule has 1 amide bonds. The zero-order valence-corrected chi connectivity index (χ0v) is 15.7. The van der Waals surface area contributed by atoms with Crippen LogP contribution >= 0.6 is 23.7 Å². The van der Waals surface area contributed by atoms with Gasteiger partial charge in [-0.25, -0.2) is 0 Å². The molecule has 0 saturated carbocycles. The van der Waals surface area contributed by atoms with Crippen LogP contribution in [0.4, 0.5) is 0 Å². The third-order valence-corrected chi connectivity index (χ3v) is 4.98. The third kappa shape index (κ3) is 5.91. The van der Waals surface area contributed by atoms with E-state index in [1.807, 2.05) is 18.2 Å². The first-order valence-corrected chi connectivity index (χ1v) is 8.62. The second kappa shape index (κ2) is 10.5. The zero-order chi connectivity index (χ0) is 16.7. The van der Waals surface area contributed by atoms with Crippen LogP contribution in [-0.4, -0.2) is 25.7 Å². The van der Waals surface area contributed by atoms with Crippen LogP contribution in [0.1, 0.15) is 28.5 Å². The highest BCUT2D eigenvalue weighted by Gasteiger charge is 2.20. The maximum absolute atomic E-state index is 12.3. The van der Waals surface area contributed by atoms with Crippen LogP contribution in [0.15, 0.2) is 41.8 Å². The summed E-state index contributed by atoms with van der Waals surface area (Å²) in [6.07, 6.45) is 0.813. The second-order valence-electron chi connectivity index (χ2n) is 5.58. The molecule has 0 saturated heterocycles. The number of methoxy groups -OCH3 is 1. The molecular formula is C18H25ClN2O2S. The van der Waals surface area contributed by atoms with Gasteiger partial charge in [0.1, 0.15) is 0 Å². The van der Waals surface area contributed by atoms with Gasteiger partial charge in [-0.15, -0.1) is 23.7 Å². The Morgan fingerprint density at radius 1 is 1.29 bits per heavy atom. The second-order valence-corrected chi connectivity index (χ2v) is 6.52. The summed E-state index contributed by atoms with van der Waals surface area (Å²) in [4.78, 5) is 13.5. The first-order chi connectivity index (χ1) is 11.1. The summed E-state index contributed by atoms with van der Waals surface area (Å²) in [5, 5.41) is 5.21. The Bertz CT molecular complexity index is 614. The van der Waals surface area contributed by atoms with Gasteiger partial charge in [0.2, 0.25) is 5.91 Å². The highest BCUT2D eigenvalue weighted by Crippen LogP contribution is 2.27. The average molecular weight is 369 g/mol. The van der Waals surface area contributed by atoms with Gasteiger partial charge in [-0.3, -0.25) is 4.79 Å². The van der Waals surface area contributed by atoms with Gasteiger partial charge in [-0.2, -0.15) is 0 Å². The maximum Gasteiger partial charge on any atom is 0.223 e. The lowest BCUT2D eigenvalue weighted by Crippen LogP contribution is -2.35. The minimum Gasteiger partial charge on any atom is -0.380 e. The highest BCUT2D eigenvalue weighted by atomic mass is 35.5. The van der Waals surface area contributed by atoms with Crippen LogP contribution in [0.3, 0.4) is 0 Å². The maximum atomic E-state index is 12.3. The molecule has 2 rings (SSSR count). The summed E-state index contributed by atoms with van der Waals surface area (Å²) < 4.78 is 5.20. The summed E-state index contributed by atoms with van der Waals surface area (Å²) >= 11 is 1.68. The van der Waals surface area contributed by atoms with Gasteiger partial charge in [-0.05, 0) is 35.9 Å². The van der Waals surface area contributed by atoms with Gasteiger partial charge in [-0.1, -0.05) is 30.3 Å². The van der Waals surface area contributed by atoms with E-state index in [9.17, 15) is 4.79 Å². The van der Waals surface area contributed by atoms with Gasteiger partial charge in [0.15, 0.2) is 0 Å². The number of ether oxygens (including phenoxy) is 1. The van der Waals surface area contributed by atoms with Crippen molar-refractivity contribution in [2.75, 3.05) is 13.7 Å². The van der Waals surface area contributed by atoms with E-state index >= 15 is 0 Å². The van der Waals surface area contributed by atoms with E-state index in [0.717, 1.165) is 6.42 Å². The molecule has 2 atom stereocenters. The first kappa shape index (κ1) is 20.6. The monoisotopic (exact) mass is 368 g/mol. The Morgan fingerprint density at radius 3 is 2.54 bits per heavy atom. The number of aryl methyl sites for hydroxylation is 1. The molecule has 2 unspecified atom stereocenters. The lowest BCUT2D eigenvalue weighted by atomic mass is 10.0. The molecular weight excluding hydrogens is 344 g/mol. The van der Waals surface area contributed by atoms with Crippen molar-refractivity contribution in [1.82, 2.24) is 5.32 Å². The summed E-state index contributed by atoms with van der Waals surface area (Å²) in [5.74, 6) is -0.0315. The fraction of sp³-hybridized carbons (Fsp3) is 0.389. The van der Waals surface area contributed by atoms with E-state index in [0.29, 0.717) is 6.54 Å². The molecule has 1 heterocycles. The number of amides is 1. The normalized spacial score (nSPS) is 13.0. The largest absolute Gasteiger partial charge is 0.380 e. The van der Waals surface area contributed by atoms with E-state index in [1.54, 1.807) is 18.4 Å². The Kier molecular flexibility index (Phi) is 9.00. The third-order valence-electron chi connectivity index (χ3n) is 3.85. The number of hydrogen-bond acceptors (Lipinski definition) is 4. The molecule has 1 aromatic carbocycles. The summed E-state index contributed by atoms with van der Waals surface area (Å²) in [5.41, 5.74) is 8.01. The van der Waals surface area contributed by atoms with Crippen molar-refractivity contribution >= 4 is 29.7 Å². The zero-order valence-electron chi connectivity index (χ0n) is 14.0. The van der Waals surface area contributed by atoms with E-state index in [1.165, 1.54) is 16.0 Å². The number of rotatable bonds is 8. The molecule has 3 N–H and O–H groups in total. The first-order valence-electron chi connectivity index (χ1n) is 7.74. The molecule has 1 aromatic heterocycles. The van der Waals surface area contributed by atoms with Crippen molar-refractivity contribution in [1.29, 1.82) is 0 Å². The number of carbonyl (C=O) groups is 1. The van der Waals surface area contributed by atoms with Crippen LogP contribution < -0.4 is 11.1 Å². The summed E-state index contributed by atoms with van der Waals surface area (Å²) in [7, 11) is 1.58. The molecule has 0 spiro atoms. The molecule has 4 nitrogen and oxygen atoms in total. The Labute approximate surface area is 153 Å². The van der Waals surface area contributed by atoms with Gasteiger partial charge in [0, 0.05) is 18.5 Å². The van der Waals surface area contributed by atoms with Crippen molar-refractivity contribution in [2.45, 2.75) is 31.9 Å². The van der Waals surface area contributed by atoms with E-state index < -0.39 is 0 Å². The molecule has 0 bridgehead atoms. The Hall–Kier alpha value is -1.40. The lowest BCUT2D eigenvalue weighted by molar-refractivity contribution is -0.124. The smallest absolute Gasteiger partial charge is 0.223 e. The molecule has 0 fully saturated rings.